The molecule has 0 aliphatic carbocycles. The zero-order valence-electron chi connectivity index (χ0n) is 16.2. The third-order valence-corrected chi connectivity index (χ3v) is 4.30. The number of amides is 2. The molecule has 2 amide bonds. The summed E-state index contributed by atoms with van der Waals surface area (Å²) in [6, 6.07) is 26.2. The van der Waals surface area contributed by atoms with E-state index in [0.717, 1.165) is 11.1 Å². The van der Waals surface area contributed by atoms with Gasteiger partial charge in [-0.1, -0.05) is 60.7 Å². The second kappa shape index (κ2) is 10.7. The van der Waals surface area contributed by atoms with Crippen molar-refractivity contribution in [2.75, 3.05) is 10.6 Å². The van der Waals surface area contributed by atoms with E-state index in [-0.39, 0.29) is 16.9 Å². The van der Waals surface area contributed by atoms with E-state index in [2.05, 4.69) is 16.0 Å². The average molecular weight is 416 g/mol. The van der Waals surface area contributed by atoms with Crippen LogP contribution >= 0.6 is 12.2 Å². The van der Waals surface area contributed by atoms with E-state index in [1.807, 2.05) is 60.7 Å². The van der Waals surface area contributed by atoms with E-state index in [9.17, 15) is 9.59 Å². The minimum absolute atomic E-state index is 0.0881. The lowest BCUT2D eigenvalue weighted by Gasteiger charge is -2.10. The predicted octanol–water partition coefficient (Wildman–Crippen LogP) is 4.39. The smallest absolute Gasteiger partial charge is 0.250 e. The second-order valence-electron chi connectivity index (χ2n) is 6.48. The number of carbonyl (C=O) groups excluding carboxylic acids is 2. The highest BCUT2D eigenvalue weighted by atomic mass is 32.1. The molecule has 6 heteroatoms. The molecule has 0 bridgehead atoms. The standard InChI is InChI=1S/C24H21N3O2S/c28-22(16-11-18-7-3-1-4-8-18)27-24(30)26-21-14-12-20(13-15-21)25-23(29)17-19-9-5-2-6-10-19/h1-16H,17H2,(H,25,29)(H2,26,27,28,30). The molecule has 0 aliphatic rings. The van der Waals surface area contributed by atoms with Gasteiger partial charge in [-0.2, -0.15) is 0 Å². The number of hydrogen-bond acceptors (Lipinski definition) is 3. The first kappa shape index (κ1) is 21.0. The fourth-order valence-electron chi connectivity index (χ4n) is 2.68. The largest absolute Gasteiger partial charge is 0.332 e. The number of carbonyl (C=O) groups is 2. The Kier molecular flexibility index (Phi) is 7.46. The summed E-state index contributed by atoms with van der Waals surface area (Å²) in [6.07, 6.45) is 3.45. The van der Waals surface area contributed by atoms with Crippen molar-refractivity contribution < 1.29 is 9.59 Å². The van der Waals surface area contributed by atoms with E-state index in [0.29, 0.717) is 17.8 Å². The van der Waals surface area contributed by atoms with E-state index < -0.39 is 0 Å². The Morgan fingerprint density at radius 3 is 1.97 bits per heavy atom. The first-order valence-corrected chi connectivity index (χ1v) is 9.78. The number of rotatable bonds is 6. The molecule has 0 radical (unpaired) electrons. The summed E-state index contributed by atoms with van der Waals surface area (Å²) >= 11 is 5.17. The van der Waals surface area contributed by atoms with Crippen LogP contribution < -0.4 is 16.0 Å². The number of hydrogen-bond donors (Lipinski definition) is 3. The number of benzene rings is 3. The van der Waals surface area contributed by atoms with Crippen LogP contribution in [0.15, 0.2) is 91.0 Å². The van der Waals surface area contributed by atoms with Gasteiger partial charge in [-0.15, -0.1) is 0 Å². The molecule has 3 N–H and O–H groups in total. The van der Waals surface area contributed by atoms with Crippen LogP contribution in [0.4, 0.5) is 11.4 Å². The van der Waals surface area contributed by atoms with Crippen LogP contribution in [0.5, 0.6) is 0 Å². The van der Waals surface area contributed by atoms with E-state index in [1.54, 1.807) is 30.3 Å². The zero-order valence-corrected chi connectivity index (χ0v) is 17.0. The monoisotopic (exact) mass is 415 g/mol. The Labute approximate surface area is 180 Å². The Bertz CT molecular complexity index is 1030. The molecule has 0 heterocycles. The fraction of sp³-hybridized carbons (Fsp3) is 0.0417. The van der Waals surface area contributed by atoms with E-state index >= 15 is 0 Å². The van der Waals surface area contributed by atoms with Crippen molar-refractivity contribution in [3.63, 3.8) is 0 Å². The average Bonchev–Trinajstić information content (AvgIpc) is 2.75. The topological polar surface area (TPSA) is 70.2 Å². The SMILES string of the molecule is O=C(C=Cc1ccccc1)NC(=S)Nc1ccc(NC(=O)Cc2ccccc2)cc1. The summed E-state index contributed by atoms with van der Waals surface area (Å²) in [6.45, 7) is 0. The van der Waals surface area contributed by atoms with Crippen LogP contribution in [0, 0.1) is 0 Å². The molecule has 0 saturated carbocycles. The third-order valence-electron chi connectivity index (χ3n) is 4.10. The lowest BCUT2D eigenvalue weighted by molar-refractivity contribution is -0.116. The first-order valence-electron chi connectivity index (χ1n) is 9.37. The molecule has 0 aromatic heterocycles. The predicted molar refractivity (Wildman–Crippen MR) is 125 cm³/mol. The van der Waals surface area contributed by atoms with Gasteiger partial charge in [0.2, 0.25) is 11.8 Å². The minimum atomic E-state index is -0.318. The molecule has 3 aromatic rings. The highest BCUT2D eigenvalue weighted by Gasteiger charge is 2.05. The van der Waals surface area contributed by atoms with Gasteiger partial charge in [0.15, 0.2) is 5.11 Å². The number of anilines is 2. The van der Waals surface area contributed by atoms with E-state index in [4.69, 9.17) is 12.2 Å². The van der Waals surface area contributed by atoms with Crippen molar-refractivity contribution in [1.82, 2.24) is 5.32 Å². The summed E-state index contributed by atoms with van der Waals surface area (Å²) in [4.78, 5) is 24.1. The molecule has 3 rings (SSSR count). The van der Waals surface area contributed by atoms with Crippen LogP contribution in [0.1, 0.15) is 11.1 Å². The van der Waals surface area contributed by atoms with Crippen molar-refractivity contribution in [3.05, 3.63) is 102 Å². The molecule has 0 spiro atoms. The van der Waals surface area contributed by atoms with Crippen molar-refractivity contribution in [2.45, 2.75) is 6.42 Å². The number of thiocarbonyl (C=S) groups is 1. The maximum absolute atomic E-state index is 12.1. The van der Waals surface area contributed by atoms with Crippen molar-refractivity contribution in [1.29, 1.82) is 0 Å². The summed E-state index contributed by atoms with van der Waals surface area (Å²) in [5, 5.41) is 8.59. The molecule has 0 fully saturated rings. The highest BCUT2D eigenvalue weighted by Crippen LogP contribution is 2.14. The molecule has 150 valence electrons. The van der Waals surface area contributed by atoms with E-state index in [1.165, 1.54) is 6.08 Å². The van der Waals surface area contributed by atoms with Gasteiger partial charge in [-0.3, -0.25) is 14.9 Å². The fourth-order valence-corrected chi connectivity index (χ4v) is 2.89. The molecule has 5 nitrogen and oxygen atoms in total. The van der Waals surface area contributed by atoms with Gasteiger partial charge in [-0.25, -0.2) is 0 Å². The Morgan fingerprint density at radius 2 is 1.33 bits per heavy atom. The zero-order chi connectivity index (χ0) is 21.2. The molecule has 0 saturated heterocycles. The second-order valence-corrected chi connectivity index (χ2v) is 6.88. The maximum Gasteiger partial charge on any atom is 0.250 e. The van der Waals surface area contributed by atoms with Crippen LogP contribution in [0.3, 0.4) is 0 Å². The lowest BCUT2D eigenvalue weighted by Crippen LogP contribution is -2.32. The van der Waals surface area contributed by atoms with Crippen molar-refractivity contribution in [3.8, 4) is 0 Å². The van der Waals surface area contributed by atoms with Gasteiger partial charge in [0.25, 0.3) is 0 Å². The molecular formula is C24H21N3O2S. The van der Waals surface area contributed by atoms with Crippen LogP contribution in [-0.2, 0) is 16.0 Å². The molecule has 0 unspecified atom stereocenters. The Hall–Kier alpha value is -3.77. The molecule has 0 aliphatic heterocycles. The summed E-state index contributed by atoms with van der Waals surface area (Å²) in [5.41, 5.74) is 3.27. The molecule has 3 aromatic carbocycles. The quantitative estimate of drug-likeness (QED) is 0.412. The van der Waals surface area contributed by atoms with Crippen LogP contribution in [0.25, 0.3) is 6.08 Å². The van der Waals surface area contributed by atoms with Gasteiger partial charge >= 0.3 is 0 Å². The summed E-state index contributed by atoms with van der Waals surface area (Å²) in [5.74, 6) is -0.406. The van der Waals surface area contributed by atoms with Gasteiger partial charge in [0.05, 0.1) is 6.42 Å². The van der Waals surface area contributed by atoms with Crippen molar-refractivity contribution >= 4 is 46.6 Å². The maximum atomic E-state index is 12.1. The lowest BCUT2D eigenvalue weighted by atomic mass is 10.1. The van der Waals surface area contributed by atoms with Gasteiger partial charge in [0, 0.05) is 17.5 Å². The number of nitrogens with one attached hydrogen (secondary N) is 3. The Balaban J connectivity index is 1.46. The summed E-state index contributed by atoms with van der Waals surface area (Å²) < 4.78 is 0. The first-order chi connectivity index (χ1) is 14.6. The normalized spacial score (nSPS) is 10.4. The summed E-state index contributed by atoms with van der Waals surface area (Å²) in [7, 11) is 0. The van der Waals surface area contributed by atoms with Crippen molar-refractivity contribution in [2.24, 2.45) is 0 Å². The van der Waals surface area contributed by atoms with Gasteiger partial charge in [-0.05, 0) is 53.7 Å². The highest BCUT2D eigenvalue weighted by molar-refractivity contribution is 7.80. The van der Waals surface area contributed by atoms with Gasteiger partial charge < -0.3 is 10.6 Å². The van der Waals surface area contributed by atoms with Gasteiger partial charge in [0.1, 0.15) is 0 Å². The van der Waals surface area contributed by atoms with Crippen LogP contribution in [0.2, 0.25) is 0 Å². The Morgan fingerprint density at radius 1 is 0.767 bits per heavy atom. The molecule has 0 atom stereocenters. The van der Waals surface area contributed by atoms with Crippen LogP contribution in [-0.4, -0.2) is 16.9 Å². The molecule has 30 heavy (non-hydrogen) atoms. The third kappa shape index (κ3) is 7.00. The minimum Gasteiger partial charge on any atom is -0.332 e. The molecular weight excluding hydrogens is 394 g/mol.